The average molecular weight is 430 g/mol. The summed E-state index contributed by atoms with van der Waals surface area (Å²) in [5.41, 5.74) is 1.52. The zero-order chi connectivity index (χ0) is 21.5. The van der Waals surface area contributed by atoms with Crippen LogP contribution in [0.1, 0.15) is 37.0 Å². The molecule has 0 saturated carbocycles. The molecule has 1 atom stereocenters. The van der Waals surface area contributed by atoms with Gasteiger partial charge in [-0.3, -0.25) is 4.79 Å². The van der Waals surface area contributed by atoms with E-state index in [-0.39, 0.29) is 18.9 Å². The fourth-order valence-electron chi connectivity index (χ4n) is 3.11. The van der Waals surface area contributed by atoms with Gasteiger partial charge >= 0.3 is 5.63 Å². The van der Waals surface area contributed by atoms with Crippen molar-refractivity contribution in [1.82, 2.24) is 5.32 Å². The number of rotatable bonds is 9. The average Bonchev–Trinajstić information content (AvgIpc) is 2.75. The van der Waals surface area contributed by atoms with Gasteiger partial charge in [0.05, 0.1) is 11.1 Å². The number of aliphatic hydroxyl groups excluding tert-OH is 1. The number of benzene rings is 2. The van der Waals surface area contributed by atoms with Gasteiger partial charge in [0.15, 0.2) is 6.61 Å². The quantitative estimate of drug-likeness (QED) is 0.501. The van der Waals surface area contributed by atoms with Crippen molar-refractivity contribution in [1.29, 1.82) is 0 Å². The predicted octanol–water partition coefficient (Wildman–Crippen LogP) is 4.02. The van der Waals surface area contributed by atoms with Crippen molar-refractivity contribution < 1.29 is 19.1 Å². The number of halogens is 1. The monoisotopic (exact) mass is 429 g/mol. The first-order valence-electron chi connectivity index (χ1n) is 9.86. The first-order chi connectivity index (χ1) is 14.5. The van der Waals surface area contributed by atoms with Crippen molar-refractivity contribution in [2.45, 2.75) is 32.3 Å². The van der Waals surface area contributed by atoms with Crippen molar-refractivity contribution in [2.24, 2.45) is 0 Å². The van der Waals surface area contributed by atoms with E-state index in [0.717, 1.165) is 30.2 Å². The molecule has 0 saturated heterocycles. The Labute approximate surface area is 179 Å². The third-order valence-electron chi connectivity index (χ3n) is 4.72. The molecule has 0 bridgehead atoms. The fraction of sp³-hybridized carbons (Fsp3) is 0.304. The maximum Gasteiger partial charge on any atom is 0.336 e. The van der Waals surface area contributed by atoms with Crippen LogP contribution in [0.5, 0.6) is 5.75 Å². The first-order valence-corrected chi connectivity index (χ1v) is 10.2. The van der Waals surface area contributed by atoms with Crippen LogP contribution in [-0.2, 0) is 11.2 Å². The summed E-state index contributed by atoms with van der Waals surface area (Å²) in [6.07, 6.45) is 1.89. The lowest BCUT2D eigenvalue weighted by atomic mass is 10.0. The lowest BCUT2D eigenvalue weighted by molar-refractivity contribution is -0.123. The highest BCUT2D eigenvalue weighted by Gasteiger charge is 2.13. The van der Waals surface area contributed by atoms with Crippen LogP contribution in [0.4, 0.5) is 0 Å². The van der Waals surface area contributed by atoms with Gasteiger partial charge in [-0.25, -0.2) is 4.79 Å². The Morgan fingerprint density at radius 2 is 2.00 bits per heavy atom. The molecular formula is C23H24ClNO5. The second kappa shape index (κ2) is 10.3. The SMILES string of the molecule is CCCCc1cc(=O)oc2cc(OCC(=O)NC[C@H](O)c3ccccc3)c(Cl)cc12. The molecule has 0 unspecified atom stereocenters. The van der Waals surface area contributed by atoms with Crippen LogP contribution in [-0.4, -0.2) is 24.2 Å². The van der Waals surface area contributed by atoms with E-state index in [0.29, 0.717) is 16.2 Å². The molecule has 2 aromatic carbocycles. The van der Waals surface area contributed by atoms with E-state index in [1.807, 2.05) is 18.2 Å². The van der Waals surface area contributed by atoms with Crippen LogP contribution in [0.25, 0.3) is 11.0 Å². The van der Waals surface area contributed by atoms with Crippen LogP contribution in [0.3, 0.4) is 0 Å². The molecule has 1 aromatic heterocycles. The van der Waals surface area contributed by atoms with E-state index in [9.17, 15) is 14.7 Å². The predicted molar refractivity (Wildman–Crippen MR) is 116 cm³/mol. The molecule has 3 rings (SSSR count). The minimum absolute atomic E-state index is 0.0628. The van der Waals surface area contributed by atoms with Crippen LogP contribution >= 0.6 is 11.6 Å². The lowest BCUT2D eigenvalue weighted by Crippen LogP contribution is -2.32. The highest BCUT2D eigenvalue weighted by Crippen LogP contribution is 2.31. The summed E-state index contributed by atoms with van der Waals surface area (Å²) < 4.78 is 10.8. The van der Waals surface area contributed by atoms with Gasteiger partial charge in [0.1, 0.15) is 11.3 Å². The number of aryl methyl sites for hydroxylation is 1. The van der Waals surface area contributed by atoms with Crippen LogP contribution in [0.2, 0.25) is 5.02 Å². The molecule has 1 amide bonds. The maximum absolute atomic E-state index is 12.1. The number of ether oxygens (including phenoxy) is 1. The molecule has 7 heteroatoms. The number of carbonyl (C=O) groups is 1. The highest BCUT2D eigenvalue weighted by molar-refractivity contribution is 6.32. The van der Waals surface area contributed by atoms with E-state index in [1.165, 1.54) is 12.1 Å². The molecular weight excluding hydrogens is 406 g/mol. The van der Waals surface area contributed by atoms with Gasteiger partial charge < -0.3 is 19.6 Å². The van der Waals surface area contributed by atoms with Gasteiger partial charge in [-0.2, -0.15) is 0 Å². The molecule has 6 nitrogen and oxygen atoms in total. The molecule has 0 aliphatic rings. The van der Waals surface area contributed by atoms with Crippen LogP contribution in [0.15, 0.2) is 57.7 Å². The number of hydrogen-bond acceptors (Lipinski definition) is 5. The van der Waals surface area contributed by atoms with E-state index < -0.39 is 17.6 Å². The standard InChI is InChI=1S/C23H24ClNO5/c1-2-3-7-16-10-23(28)30-20-12-21(18(24)11-17(16)20)29-14-22(27)25-13-19(26)15-8-5-4-6-9-15/h4-6,8-12,19,26H,2-3,7,13-14H2,1H3,(H,25,27)/t19-/m0/s1. The molecule has 0 spiro atoms. The minimum Gasteiger partial charge on any atom is -0.482 e. The molecule has 0 aliphatic carbocycles. The summed E-state index contributed by atoms with van der Waals surface area (Å²) in [6, 6.07) is 13.8. The molecule has 3 aromatic rings. The zero-order valence-corrected chi connectivity index (χ0v) is 17.4. The summed E-state index contributed by atoms with van der Waals surface area (Å²) in [7, 11) is 0. The number of fused-ring (bicyclic) bond motifs is 1. The number of unbranched alkanes of at least 4 members (excludes halogenated alkanes) is 1. The second-order valence-corrected chi connectivity index (χ2v) is 7.40. The highest BCUT2D eigenvalue weighted by atomic mass is 35.5. The van der Waals surface area contributed by atoms with Gasteiger partial charge in [-0.15, -0.1) is 0 Å². The third-order valence-corrected chi connectivity index (χ3v) is 5.01. The Kier molecular flexibility index (Phi) is 7.49. The molecule has 0 fully saturated rings. The van der Waals surface area contributed by atoms with Gasteiger partial charge in [-0.1, -0.05) is 55.3 Å². The largest absolute Gasteiger partial charge is 0.482 e. The topological polar surface area (TPSA) is 88.8 Å². The van der Waals surface area contributed by atoms with Crippen molar-refractivity contribution in [3.8, 4) is 5.75 Å². The summed E-state index contributed by atoms with van der Waals surface area (Å²) in [6.45, 7) is 1.86. The fourth-order valence-corrected chi connectivity index (χ4v) is 3.33. The smallest absolute Gasteiger partial charge is 0.336 e. The van der Waals surface area contributed by atoms with Gasteiger partial charge in [-0.05, 0) is 30.0 Å². The summed E-state index contributed by atoms with van der Waals surface area (Å²) in [4.78, 5) is 24.0. The Morgan fingerprint density at radius 3 is 2.73 bits per heavy atom. The summed E-state index contributed by atoms with van der Waals surface area (Å²) in [5.74, 6) is -0.155. The lowest BCUT2D eigenvalue weighted by Gasteiger charge is -2.13. The third kappa shape index (κ3) is 5.62. The van der Waals surface area contributed by atoms with E-state index in [4.69, 9.17) is 20.8 Å². The zero-order valence-electron chi connectivity index (χ0n) is 16.7. The maximum atomic E-state index is 12.1. The van der Waals surface area contributed by atoms with Gasteiger partial charge in [0.2, 0.25) is 0 Å². The Balaban J connectivity index is 1.64. The number of aliphatic hydroxyl groups is 1. The molecule has 0 radical (unpaired) electrons. The number of hydrogen-bond donors (Lipinski definition) is 2. The Bertz CT molecular complexity index is 1060. The second-order valence-electron chi connectivity index (χ2n) is 6.99. The molecule has 2 N–H and O–H groups in total. The number of carbonyl (C=O) groups excluding carboxylic acids is 1. The Morgan fingerprint density at radius 1 is 1.23 bits per heavy atom. The van der Waals surface area contributed by atoms with Crippen molar-refractivity contribution in [3.05, 3.63) is 75.1 Å². The Hall–Kier alpha value is -2.83. The molecule has 1 heterocycles. The van der Waals surface area contributed by atoms with Crippen LogP contribution < -0.4 is 15.7 Å². The summed E-state index contributed by atoms with van der Waals surface area (Å²) in [5, 5.41) is 13.8. The van der Waals surface area contributed by atoms with Crippen molar-refractivity contribution in [3.63, 3.8) is 0 Å². The number of nitrogens with one attached hydrogen (secondary N) is 1. The molecule has 158 valence electrons. The van der Waals surface area contributed by atoms with Gasteiger partial charge in [0, 0.05) is 24.1 Å². The van der Waals surface area contributed by atoms with Crippen molar-refractivity contribution in [2.75, 3.05) is 13.2 Å². The van der Waals surface area contributed by atoms with E-state index in [2.05, 4.69) is 12.2 Å². The first kappa shape index (κ1) is 21.9. The van der Waals surface area contributed by atoms with Crippen LogP contribution in [0, 0.1) is 0 Å². The normalized spacial score (nSPS) is 12.0. The van der Waals surface area contributed by atoms with E-state index in [1.54, 1.807) is 18.2 Å². The summed E-state index contributed by atoms with van der Waals surface area (Å²) >= 11 is 6.32. The van der Waals surface area contributed by atoms with E-state index >= 15 is 0 Å². The number of amides is 1. The van der Waals surface area contributed by atoms with Gasteiger partial charge in [0.25, 0.3) is 5.91 Å². The van der Waals surface area contributed by atoms with Crippen molar-refractivity contribution >= 4 is 28.5 Å². The minimum atomic E-state index is -0.810. The molecule has 30 heavy (non-hydrogen) atoms. The molecule has 0 aliphatic heterocycles.